The number of aromatic nitrogens is 2. The van der Waals surface area contributed by atoms with Gasteiger partial charge < -0.3 is 15.0 Å². The van der Waals surface area contributed by atoms with Crippen molar-refractivity contribution in [2.45, 2.75) is 6.61 Å². The molecule has 2 aliphatic heterocycles. The Labute approximate surface area is 94.8 Å². The van der Waals surface area contributed by atoms with E-state index in [1.54, 1.807) is 7.11 Å². The van der Waals surface area contributed by atoms with E-state index in [9.17, 15) is 0 Å². The first-order chi connectivity index (χ1) is 7.81. The summed E-state index contributed by atoms with van der Waals surface area (Å²) in [7, 11) is 1.68. The van der Waals surface area contributed by atoms with Gasteiger partial charge in [0.1, 0.15) is 0 Å². The number of rotatable bonds is 3. The van der Waals surface area contributed by atoms with Crippen molar-refractivity contribution >= 4 is 5.95 Å². The summed E-state index contributed by atoms with van der Waals surface area (Å²) in [5.74, 6) is 0.845. The molecule has 0 amide bonds. The lowest BCUT2D eigenvalue weighted by Gasteiger charge is -2.55. The van der Waals surface area contributed by atoms with E-state index in [0.717, 1.165) is 37.7 Å². The second kappa shape index (κ2) is 3.68. The predicted molar refractivity (Wildman–Crippen MR) is 60.3 cm³/mol. The molecule has 0 saturated carbocycles. The fourth-order valence-corrected chi connectivity index (χ4v) is 2.36. The standard InChI is InChI=1S/C11H16N4O/c1-16-4-9-2-13-10(14-3-9)15-7-11(8-15)5-12-6-11/h2-3,12H,4-8H2,1H3. The van der Waals surface area contributed by atoms with E-state index in [1.807, 2.05) is 12.4 Å². The van der Waals surface area contributed by atoms with Gasteiger partial charge in [-0.15, -0.1) is 0 Å². The molecule has 1 spiro atoms. The van der Waals surface area contributed by atoms with E-state index in [2.05, 4.69) is 20.2 Å². The fraction of sp³-hybridized carbons (Fsp3) is 0.636. The lowest BCUT2D eigenvalue weighted by Crippen LogP contribution is -2.71. The van der Waals surface area contributed by atoms with Gasteiger partial charge in [0.2, 0.25) is 5.95 Å². The van der Waals surface area contributed by atoms with Gasteiger partial charge in [0.15, 0.2) is 0 Å². The molecule has 0 aliphatic carbocycles. The highest BCUT2D eigenvalue weighted by molar-refractivity contribution is 5.37. The SMILES string of the molecule is COCc1cnc(N2CC3(CNC3)C2)nc1. The van der Waals surface area contributed by atoms with E-state index in [4.69, 9.17) is 4.74 Å². The molecule has 1 aromatic heterocycles. The van der Waals surface area contributed by atoms with Gasteiger partial charge in [0.05, 0.1) is 6.61 Å². The summed E-state index contributed by atoms with van der Waals surface area (Å²) in [6, 6.07) is 0. The summed E-state index contributed by atoms with van der Waals surface area (Å²) < 4.78 is 5.03. The first-order valence-electron chi connectivity index (χ1n) is 5.57. The van der Waals surface area contributed by atoms with Crippen molar-refractivity contribution < 1.29 is 4.74 Å². The highest BCUT2D eigenvalue weighted by Crippen LogP contribution is 2.35. The molecular formula is C11H16N4O. The van der Waals surface area contributed by atoms with E-state index in [1.165, 1.54) is 0 Å². The molecule has 86 valence electrons. The molecule has 0 radical (unpaired) electrons. The van der Waals surface area contributed by atoms with Crippen LogP contribution in [0.4, 0.5) is 5.95 Å². The second-order valence-corrected chi connectivity index (χ2v) is 4.78. The zero-order valence-electron chi connectivity index (χ0n) is 9.44. The average molecular weight is 220 g/mol. The van der Waals surface area contributed by atoms with Crippen molar-refractivity contribution in [3.63, 3.8) is 0 Å². The Balaban J connectivity index is 1.63. The van der Waals surface area contributed by atoms with Gasteiger partial charge >= 0.3 is 0 Å². The molecule has 0 atom stereocenters. The molecule has 0 bridgehead atoms. The molecule has 2 saturated heterocycles. The van der Waals surface area contributed by atoms with Crippen LogP contribution in [0.5, 0.6) is 0 Å². The van der Waals surface area contributed by atoms with Crippen LogP contribution in [0.2, 0.25) is 0 Å². The lowest BCUT2D eigenvalue weighted by atomic mass is 9.75. The van der Waals surface area contributed by atoms with Crippen molar-refractivity contribution in [1.82, 2.24) is 15.3 Å². The minimum absolute atomic E-state index is 0.522. The molecule has 16 heavy (non-hydrogen) atoms. The second-order valence-electron chi connectivity index (χ2n) is 4.78. The van der Waals surface area contributed by atoms with Gasteiger partial charge in [-0.3, -0.25) is 0 Å². The predicted octanol–water partition coefficient (Wildman–Crippen LogP) is 0.0326. The Kier molecular flexibility index (Phi) is 2.29. The Morgan fingerprint density at radius 3 is 2.56 bits per heavy atom. The maximum Gasteiger partial charge on any atom is 0.225 e. The first kappa shape index (κ1) is 9.99. The smallest absolute Gasteiger partial charge is 0.225 e. The Morgan fingerprint density at radius 1 is 1.38 bits per heavy atom. The summed E-state index contributed by atoms with van der Waals surface area (Å²) in [4.78, 5) is 10.9. The molecule has 1 N–H and O–H groups in total. The lowest BCUT2D eigenvalue weighted by molar-refractivity contribution is 0.119. The van der Waals surface area contributed by atoms with Crippen molar-refractivity contribution in [3.05, 3.63) is 18.0 Å². The van der Waals surface area contributed by atoms with Crippen LogP contribution < -0.4 is 10.2 Å². The van der Waals surface area contributed by atoms with Gasteiger partial charge in [-0.05, 0) is 0 Å². The van der Waals surface area contributed by atoms with Crippen LogP contribution >= 0.6 is 0 Å². The van der Waals surface area contributed by atoms with E-state index in [-0.39, 0.29) is 0 Å². The largest absolute Gasteiger partial charge is 0.380 e. The third-order valence-corrected chi connectivity index (χ3v) is 3.34. The third-order valence-electron chi connectivity index (χ3n) is 3.34. The summed E-state index contributed by atoms with van der Waals surface area (Å²) >= 11 is 0. The van der Waals surface area contributed by atoms with Crippen LogP contribution in [0.1, 0.15) is 5.56 Å². The molecule has 0 aromatic carbocycles. The van der Waals surface area contributed by atoms with Gasteiger partial charge in [-0.1, -0.05) is 0 Å². The molecule has 3 rings (SSSR count). The van der Waals surface area contributed by atoms with Crippen LogP contribution in [0.15, 0.2) is 12.4 Å². The number of nitrogens with one attached hydrogen (secondary N) is 1. The molecule has 0 unspecified atom stereocenters. The van der Waals surface area contributed by atoms with Crippen molar-refractivity contribution in [1.29, 1.82) is 0 Å². The van der Waals surface area contributed by atoms with Gasteiger partial charge in [-0.2, -0.15) is 0 Å². The summed E-state index contributed by atoms with van der Waals surface area (Å²) in [5, 5.41) is 3.32. The van der Waals surface area contributed by atoms with Crippen LogP contribution in [0, 0.1) is 5.41 Å². The van der Waals surface area contributed by atoms with Crippen LogP contribution in [0.25, 0.3) is 0 Å². The molecule has 2 aliphatic rings. The number of nitrogens with zero attached hydrogens (tertiary/aromatic N) is 3. The Bertz CT molecular complexity index is 366. The van der Waals surface area contributed by atoms with Gasteiger partial charge in [0, 0.05) is 56.7 Å². The van der Waals surface area contributed by atoms with Gasteiger partial charge in [0.25, 0.3) is 0 Å². The fourth-order valence-electron chi connectivity index (χ4n) is 2.36. The maximum absolute atomic E-state index is 5.03. The Hall–Kier alpha value is -1.20. The van der Waals surface area contributed by atoms with Crippen molar-refractivity contribution in [3.8, 4) is 0 Å². The molecule has 2 fully saturated rings. The average Bonchev–Trinajstić information content (AvgIpc) is 2.16. The number of anilines is 1. The molecular weight excluding hydrogens is 204 g/mol. The van der Waals surface area contributed by atoms with Crippen LogP contribution in [-0.4, -0.2) is 43.3 Å². The zero-order valence-corrected chi connectivity index (χ0v) is 9.44. The molecule has 1 aromatic rings. The topological polar surface area (TPSA) is 50.3 Å². The highest BCUT2D eigenvalue weighted by atomic mass is 16.5. The molecule has 3 heterocycles. The van der Waals surface area contributed by atoms with E-state index in [0.29, 0.717) is 12.0 Å². The first-order valence-corrected chi connectivity index (χ1v) is 5.57. The minimum atomic E-state index is 0.522. The zero-order chi connectivity index (χ0) is 11.0. The van der Waals surface area contributed by atoms with Crippen LogP contribution in [0.3, 0.4) is 0 Å². The number of methoxy groups -OCH3 is 1. The number of ether oxygens (including phenoxy) is 1. The van der Waals surface area contributed by atoms with Crippen molar-refractivity contribution in [2.75, 3.05) is 38.2 Å². The third kappa shape index (κ3) is 1.56. The van der Waals surface area contributed by atoms with Gasteiger partial charge in [-0.25, -0.2) is 9.97 Å². The highest BCUT2D eigenvalue weighted by Gasteiger charge is 2.48. The number of hydrogen-bond acceptors (Lipinski definition) is 5. The summed E-state index contributed by atoms with van der Waals surface area (Å²) in [5.41, 5.74) is 1.54. The molecule has 5 heteroatoms. The summed E-state index contributed by atoms with van der Waals surface area (Å²) in [6.07, 6.45) is 3.69. The Morgan fingerprint density at radius 2 is 2.06 bits per heavy atom. The normalized spacial score (nSPS) is 21.7. The monoisotopic (exact) mass is 220 g/mol. The minimum Gasteiger partial charge on any atom is -0.380 e. The van der Waals surface area contributed by atoms with E-state index < -0.39 is 0 Å². The summed E-state index contributed by atoms with van der Waals surface area (Å²) in [6.45, 7) is 5.04. The maximum atomic E-state index is 5.03. The van der Waals surface area contributed by atoms with E-state index >= 15 is 0 Å². The molecule has 5 nitrogen and oxygen atoms in total. The van der Waals surface area contributed by atoms with Crippen LogP contribution in [-0.2, 0) is 11.3 Å². The number of hydrogen-bond donors (Lipinski definition) is 1. The van der Waals surface area contributed by atoms with Crippen molar-refractivity contribution in [2.24, 2.45) is 5.41 Å². The quantitative estimate of drug-likeness (QED) is 0.779.